The maximum atomic E-state index is 12.0. The highest BCUT2D eigenvalue weighted by atomic mass is 127. The van der Waals surface area contributed by atoms with Crippen LogP contribution in [0.2, 0.25) is 0 Å². The fourth-order valence-corrected chi connectivity index (χ4v) is 3.19. The van der Waals surface area contributed by atoms with Crippen molar-refractivity contribution in [2.24, 2.45) is 4.99 Å². The minimum Gasteiger partial charge on any atom is -0.466 e. The number of esters is 2. The lowest BCUT2D eigenvalue weighted by atomic mass is 10.3. The fraction of sp³-hybridized carbons (Fsp3) is 0.667. The third-order valence-electron chi connectivity index (χ3n) is 3.46. The Morgan fingerprint density at radius 3 is 2.50 bits per heavy atom. The average molecular weight is 526 g/mol. The van der Waals surface area contributed by atoms with E-state index in [9.17, 15) is 9.59 Å². The van der Waals surface area contributed by atoms with Crippen LogP contribution in [0, 0.1) is 6.92 Å². The molecule has 1 unspecified atom stereocenters. The molecule has 10 heteroatoms. The summed E-state index contributed by atoms with van der Waals surface area (Å²) >= 11 is 1.32. The SMILES string of the molecule is CCNC(=NCCCC(=O)OCC)NC(C)c1nc(C)c(C(=O)OCC)s1.I. The van der Waals surface area contributed by atoms with Gasteiger partial charge in [-0.2, -0.15) is 0 Å². The average Bonchev–Trinajstić information content (AvgIpc) is 3.01. The predicted molar refractivity (Wildman–Crippen MR) is 122 cm³/mol. The number of hydrogen-bond donors (Lipinski definition) is 2. The van der Waals surface area contributed by atoms with Crippen molar-refractivity contribution in [3.8, 4) is 0 Å². The predicted octanol–water partition coefficient (Wildman–Crippen LogP) is 3.21. The molecule has 0 saturated heterocycles. The third kappa shape index (κ3) is 9.18. The number of carbonyl (C=O) groups excluding carboxylic acids is 2. The van der Waals surface area contributed by atoms with Crippen LogP contribution in [0.5, 0.6) is 0 Å². The molecule has 0 fully saturated rings. The first-order valence-corrected chi connectivity index (χ1v) is 10.1. The number of ether oxygens (including phenoxy) is 2. The molecule has 1 heterocycles. The number of aromatic nitrogens is 1. The zero-order valence-electron chi connectivity index (χ0n) is 17.2. The van der Waals surface area contributed by atoms with Crippen LogP contribution in [0.4, 0.5) is 0 Å². The Bertz CT molecular complexity index is 652. The Labute approximate surface area is 187 Å². The summed E-state index contributed by atoms with van der Waals surface area (Å²) in [6.07, 6.45) is 0.966. The first-order chi connectivity index (χ1) is 12.9. The van der Waals surface area contributed by atoms with Crippen molar-refractivity contribution in [3.05, 3.63) is 15.6 Å². The van der Waals surface area contributed by atoms with Crippen molar-refractivity contribution in [2.75, 3.05) is 26.3 Å². The fourth-order valence-electron chi connectivity index (χ4n) is 2.22. The first-order valence-electron chi connectivity index (χ1n) is 9.27. The van der Waals surface area contributed by atoms with Crippen molar-refractivity contribution in [1.29, 1.82) is 0 Å². The minimum absolute atomic E-state index is 0. The third-order valence-corrected chi connectivity index (χ3v) is 4.78. The smallest absolute Gasteiger partial charge is 0.350 e. The lowest BCUT2D eigenvalue weighted by Crippen LogP contribution is -2.38. The molecule has 0 aliphatic carbocycles. The van der Waals surface area contributed by atoms with Gasteiger partial charge in [0.25, 0.3) is 0 Å². The Kier molecular flexibility index (Phi) is 13.8. The molecule has 0 radical (unpaired) electrons. The standard InChI is InChI=1S/C18H30N4O4S.HI/c1-6-19-18(20-11-9-10-14(23)25-7-2)22-13(5)16-21-12(4)15(27-16)17(24)26-8-3;/h13H,6-11H2,1-5H3,(H2,19,20,22);1H. The van der Waals surface area contributed by atoms with Gasteiger partial charge in [-0.15, -0.1) is 35.3 Å². The van der Waals surface area contributed by atoms with Crippen LogP contribution in [0.3, 0.4) is 0 Å². The molecule has 2 N–H and O–H groups in total. The summed E-state index contributed by atoms with van der Waals surface area (Å²) in [5, 5.41) is 7.23. The second kappa shape index (κ2) is 14.6. The van der Waals surface area contributed by atoms with E-state index in [0.717, 1.165) is 5.01 Å². The van der Waals surface area contributed by atoms with Crippen LogP contribution in [0.25, 0.3) is 0 Å². The van der Waals surface area contributed by atoms with Gasteiger partial charge in [-0.25, -0.2) is 9.78 Å². The maximum Gasteiger partial charge on any atom is 0.350 e. The summed E-state index contributed by atoms with van der Waals surface area (Å²) < 4.78 is 9.97. The van der Waals surface area contributed by atoms with Crippen molar-refractivity contribution in [1.82, 2.24) is 15.6 Å². The number of aryl methyl sites for hydroxylation is 1. The van der Waals surface area contributed by atoms with Crippen molar-refractivity contribution in [3.63, 3.8) is 0 Å². The molecule has 0 aliphatic rings. The number of hydrogen-bond acceptors (Lipinski definition) is 7. The summed E-state index contributed by atoms with van der Waals surface area (Å²) in [7, 11) is 0. The Morgan fingerprint density at radius 2 is 1.89 bits per heavy atom. The van der Waals surface area contributed by atoms with Gasteiger partial charge in [-0.05, 0) is 41.0 Å². The molecule has 0 saturated carbocycles. The summed E-state index contributed by atoms with van der Waals surface area (Å²) in [5.41, 5.74) is 0.665. The monoisotopic (exact) mass is 526 g/mol. The molecule has 1 aromatic rings. The Balaban J connectivity index is 0.00000729. The zero-order chi connectivity index (χ0) is 20.2. The van der Waals surface area contributed by atoms with E-state index in [4.69, 9.17) is 9.47 Å². The molecule has 0 amide bonds. The number of halogens is 1. The molecule has 0 spiro atoms. The summed E-state index contributed by atoms with van der Waals surface area (Å²) in [6, 6.07) is -0.125. The zero-order valence-corrected chi connectivity index (χ0v) is 20.3. The van der Waals surface area contributed by atoms with Crippen LogP contribution >= 0.6 is 35.3 Å². The highest BCUT2D eigenvalue weighted by Gasteiger charge is 2.20. The van der Waals surface area contributed by atoms with E-state index < -0.39 is 0 Å². The molecule has 1 atom stereocenters. The van der Waals surface area contributed by atoms with Crippen LogP contribution in [-0.4, -0.2) is 49.2 Å². The van der Waals surface area contributed by atoms with Crippen LogP contribution < -0.4 is 10.6 Å². The summed E-state index contributed by atoms with van der Waals surface area (Å²) in [5.74, 6) is 0.0914. The topological polar surface area (TPSA) is 102 Å². The highest BCUT2D eigenvalue weighted by Crippen LogP contribution is 2.24. The molecule has 0 aromatic carbocycles. The van der Waals surface area contributed by atoms with Gasteiger partial charge in [0.1, 0.15) is 9.88 Å². The number of rotatable bonds is 10. The number of carbonyl (C=O) groups is 2. The van der Waals surface area contributed by atoms with Crippen LogP contribution in [0.1, 0.15) is 67.0 Å². The molecule has 1 rings (SSSR count). The van der Waals surface area contributed by atoms with E-state index in [1.54, 1.807) is 20.8 Å². The first kappa shape index (κ1) is 26.6. The van der Waals surface area contributed by atoms with E-state index in [1.165, 1.54) is 11.3 Å². The van der Waals surface area contributed by atoms with Gasteiger partial charge in [0, 0.05) is 19.5 Å². The highest BCUT2D eigenvalue weighted by molar-refractivity contribution is 14.0. The number of nitrogens with one attached hydrogen (secondary N) is 2. The lowest BCUT2D eigenvalue weighted by molar-refractivity contribution is -0.143. The second-order valence-corrected chi connectivity index (χ2v) is 6.75. The van der Waals surface area contributed by atoms with Gasteiger partial charge in [0.05, 0.1) is 24.9 Å². The van der Waals surface area contributed by atoms with Gasteiger partial charge in [0.15, 0.2) is 5.96 Å². The van der Waals surface area contributed by atoms with Crippen molar-refractivity contribution < 1.29 is 19.1 Å². The van der Waals surface area contributed by atoms with E-state index in [1.807, 2.05) is 13.8 Å². The normalized spacial score (nSPS) is 12.0. The van der Waals surface area contributed by atoms with Crippen molar-refractivity contribution >= 4 is 53.2 Å². The largest absolute Gasteiger partial charge is 0.466 e. The van der Waals surface area contributed by atoms with Gasteiger partial charge in [-0.1, -0.05) is 0 Å². The molecule has 0 aliphatic heterocycles. The number of guanidine groups is 1. The molecular weight excluding hydrogens is 495 g/mol. The van der Waals surface area contributed by atoms with E-state index in [2.05, 4.69) is 20.6 Å². The van der Waals surface area contributed by atoms with Crippen LogP contribution in [-0.2, 0) is 14.3 Å². The molecule has 0 bridgehead atoms. The van der Waals surface area contributed by atoms with E-state index in [-0.39, 0.29) is 42.0 Å². The molecular formula is C18H31IN4O4S. The maximum absolute atomic E-state index is 12.0. The van der Waals surface area contributed by atoms with Crippen LogP contribution in [0.15, 0.2) is 4.99 Å². The van der Waals surface area contributed by atoms with Gasteiger partial charge < -0.3 is 20.1 Å². The Hall–Kier alpha value is -1.43. The lowest BCUT2D eigenvalue weighted by Gasteiger charge is -2.16. The quantitative estimate of drug-likeness (QED) is 0.159. The second-order valence-electron chi connectivity index (χ2n) is 5.72. The molecule has 8 nitrogen and oxygen atoms in total. The van der Waals surface area contributed by atoms with E-state index in [0.29, 0.717) is 55.7 Å². The number of aliphatic imine (C=N–C) groups is 1. The number of nitrogens with zero attached hydrogens (tertiary/aromatic N) is 2. The molecule has 28 heavy (non-hydrogen) atoms. The molecule has 160 valence electrons. The molecule has 1 aromatic heterocycles. The van der Waals surface area contributed by atoms with Crippen molar-refractivity contribution in [2.45, 2.75) is 53.5 Å². The van der Waals surface area contributed by atoms with Gasteiger partial charge in [0.2, 0.25) is 0 Å². The Morgan fingerprint density at radius 1 is 1.21 bits per heavy atom. The van der Waals surface area contributed by atoms with E-state index >= 15 is 0 Å². The number of thiazole rings is 1. The van der Waals surface area contributed by atoms with Gasteiger partial charge in [-0.3, -0.25) is 9.79 Å². The van der Waals surface area contributed by atoms with Gasteiger partial charge >= 0.3 is 11.9 Å². The summed E-state index contributed by atoms with van der Waals surface area (Å²) in [6.45, 7) is 11.2. The minimum atomic E-state index is -0.342. The summed E-state index contributed by atoms with van der Waals surface area (Å²) in [4.78, 5) is 32.8.